The number of thiazole rings is 1. The molecule has 3 aromatic heterocycles. The highest BCUT2D eigenvalue weighted by atomic mass is 32.2. The van der Waals surface area contributed by atoms with Gasteiger partial charge in [-0.1, -0.05) is 41.3 Å². The van der Waals surface area contributed by atoms with E-state index in [9.17, 15) is 4.79 Å². The first-order valence-electron chi connectivity index (χ1n) is 9.86. The molecule has 5 aromatic rings. The largest absolute Gasteiger partial charge is 0.306 e. The highest BCUT2D eigenvalue weighted by Crippen LogP contribution is 2.27. The van der Waals surface area contributed by atoms with Crippen molar-refractivity contribution in [3.05, 3.63) is 78.9 Å². The van der Waals surface area contributed by atoms with Gasteiger partial charge in [0.2, 0.25) is 5.91 Å². The zero-order valence-corrected chi connectivity index (χ0v) is 18.7. The van der Waals surface area contributed by atoms with Crippen LogP contribution in [0.3, 0.4) is 0 Å². The van der Waals surface area contributed by atoms with E-state index in [-0.39, 0.29) is 11.7 Å². The van der Waals surface area contributed by atoms with Crippen molar-refractivity contribution < 1.29 is 4.79 Å². The molecule has 0 radical (unpaired) electrons. The zero-order chi connectivity index (χ0) is 21.9. The number of aryl methyl sites for hydroxylation is 1. The molecule has 0 aliphatic carbocycles. The van der Waals surface area contributed by atoms with Crippen LogP contribution in [0.4, 0.5) is 5.13 Å². The van der Waals surface area contributed by atoms with Crippen LogP contribution in [0, 0.1) is 6.92 Å². The number of anilines is 1. The van der Waals surface area contributed by atoms with Crippen molar-refractivity contribution in [2.24, 2.45) is 0 Å². The number of amides is 1. The third-order valence-electron chi connectivity index (χ3n) is 4.75. The number of thioether (sulfide) groups is 1. The fourth-order valence-corrected chi connectivity index (χ4v) is 4.74. The Kier molecular flexibility index (Phi) is 5.66. The van der Waals surface area contributed by atoms with Gasteiger partial charge in [0.15, 0.2) is 5.13 Å². The molecule has 3 heterocycles. The molecule has 1 N–H and O–H groups in total. The van der Waals surface area contributed by atoms with E-state index in [2.05, 4.69) is 31.5 Å². The minimum absolute atomic E-state index is 0.119. The molecule has 0 unspecified atom stereocenters. The average molecular weight is 459 g/mol. The van der Waals surface area contributed by atoms with E-state index in [0.717, 1.165) is 27.2 Å². The quantitative estimate of drug-likeness (QED) is 0.361. The van der Waals surface area contributed by atoms with Crippen LogP contribution in [-0.2, 0) is 4.79 Å². The first-order valence-corrected chi connectivity index (χ1v) is 11.7. The number of carbonyl (C=O) groups excluding carboxylic acids is 1. The molecule has 32 heavy (non-hydrogen) atoms. The molecule has 9 heteroatoms. The minimum atomic E-state index is -0.119. The summed E-state index contributed by atoms with van der Waals surface area (Å²) in [5.74, 6) is 0.120. The van der Waals surface area contributed by atoms with Gasteiger partial charge >= 0.3 is 0 Å². The van der Waals surface area contributed by atoms with Gasteiger partial charge in [0.1, 0.15) is 5.03 Å². The lowest BCUT2D eigenvalue weighted by Gasteiger charge is -2.05. The molecule has 2 aromatic carbocycles. The van der Waals surface area contributed by atoms with Gasteiger partial charge in [-0.3, -0.25) is 4.79 Å². The van der Waals surface area contributed by atoms with Crippen LogP contribution in [0.5, 0.6) is 0 Å². The van der Waals surface area contributed by atoms with Gasteiger partial charge in [-0.15, -0.1) is 10.2 Å². The van der Waals surface area contributed by atoms with E-state index >= 15 is 0 Å². The van der Waals surface area contributed by atoms with Gasteiger partial charge in [-0.25, -0.2) is 9.97 Å². The molecule has 0 fully saturated rings. The normalized spacial score (nSPS) is 11.0. The summed E-state index contributed by atoms with van der Waals surface area (Å²) >= 11 is 2.82. The second-order valence-corrected chi connectivity index (χ2v) is 9.13. The van der Waals surface area contributed by atoms with Crippen molar-refractivity contribution in [2.45, 2.75) is 11.9 Å². The highest BCUT2D eigenvalue weighted by Gasteiger charge is 2.10. The van der Waals surface area contributed by atoms with Crippen molar-refractivity contribution >= 4 is 44.4 Å². The molecular weight excluding hydrogens is 440 g/mol. The number of fused-ring (bicyclic) bond motifs is 1. The Morgan fingerprint density at radius 1 is 1.09 bits per heavy atom. The number of nitrogens with one attached hydrogen (secondary N) is 1. The standard InChI is InChI=1S/C23H18N6OS2/c1-15-2-7-19-20(12-15)32-23(25-19)26-21(30)13-31-22-9-8-18(27-28-22)16-3-5-17(6-4-16)29-11-10-24-14-29/h2-12,14H,13H2,1H3,(H,25,26,30). The summed E-state index contributed by atoms with van der Waals surface area (Å²) in [6, 6.07) is 17.9. The maximum atomic E-state index is 12.3. The van der Waals surface area contributed by atoms with Crippen LogP contribution in [0.2, 0.25) is 0 Å². The van der Waals surface area contributed by atoms with Crippen LogP contribution in [-0.4, -0.2) is 36.4 Å². The SMILES string of the molecule is Cc1ccc2nc(NC(=O)CSc3ccc(-c4ccc(-n5ccnc5)cc4)nn3)sc2c1. The molecular formula is C23H18N6OS2. The molecule has 0 spiro atoms. The molecule has 0 bridgehead atoms. The van der Waals surface area contributed by atoms with Crippen molar-refractivity contribution in [1.82, 2.24) is 24.7 Å². The van der Waals surface area contributed by atoms with Gasteiger partial charge < -0.3 is 9.88 Å². The van der Waals surface area contributed by atoms with Crippen molar-refractivity contribution in [3.8, 4) is 16.9 Å². The number of hydrogen-bond donors (Lipinski definition) is 1. The first-order chi connectivity index (χ1) is 15.6. The Balaban J connectivity index is 1.18. The summed E-state index contributed by atoms with van der Waals surface area (Å²) in [6.45, 7) is 2.04. The fourth-order valence-electron chi connectivity index (χ4n) is 3.15. The molecule has 0 saturated carbocycles. The van der Waals surface area contributed by atoms with Crippen molar-refractivity contribution in [1.29, 1.82) is 0 Å². The van der Waals surface area contributed by atoms with Gasteiger partial charge in [0, 0.05) is 23.6 Å². The Hall–Kier alpha value is -3.56. The number of nitrogens with zero attached hydrogens (tertiary/aromatic N) is 5. The summed E-state index contributed by atoms with van der Waals surface area (Å²) in [4.78, 5) is 20.8. The number of benzene rings is 2. The summed E-state index contributed by atoms with van der Waals surface area (Å²) < 4.78 is 3.00. The molecule has 0 atom stereocenters. The predicted molar refractivity (Wildman–Crippen MR) is 128 cm³/mol. The van der Waals surface area contributed by atoms with Gasteiger partial charge in [-0.2, -0.15) is 0 Å². The number of carbonyl (C=O) groups is 1. The lowest BCUT2D eigenvalue weighted by atomic mass is 10.1. The number of hydrogen-bond acceptors (Lipinski definition) is 7. The third kappa shape index (κ3) is 4.53. The summed E-state index contributed by atoms with van der Waals surface area (Å²) in [5.41, 5.74) is 4.84. The maximum Gasteiger partial charge on any atom is 0.236 e. The minimum Gasteiger partial charge on any atom is -0.306 e. The predicted octanol–water partition coefficient (Wildman–Crippen LogP) is 4.98. The van der Waals surface area contributed by atoms with E-state index < -0.39 is 0 Å². The van der Waals surface area contributed by atoms with Crippen LogP contribution < -0.4 is 5.32 Å². The maximum absolute atomic E-state index is 12.3. The van der Waals surface area contributed by atoms with Crippen molar-refractivity contribution in [3.63, 3.8) is 0 Å². The molecule has 158 valence electrons. The number of imidazole rings is 1. The topological polar surface area (TPSA) is 85.6 Å². The van der Waals surface area contributed by atoms with Crippen LogP contribution in [0.1, 0.15) is 5.56 Å². The van der Waals surface area contributed by atoms with E-state index in [4.69, 9.17) is 0 Å². The molecule has 0 aliphatic heterocycles. The molecule has 1 amide bonds. The van der Waals surface area contributed by atoms with Gasteiger partial charge in [-0.05, 0) is 48.9 Å². The third-order valence-corrected chi connectivity index (χ3v) is 6.60. The molecule has 5 rings (SSSR count). The number of aromatic nitrogens is 5. The van der Waals surface area contributed by atoms with E-state index in [1.165, 1.54) is 28.7 Å². The molecule has 7 nitrogen and oxygen atoms in total. The van der Waals surface area contributed by atoms with Crippen molar-refractivity contribution in [2.75, 3.05) is 11.1 Å². The zero-order valence-electron chi connectivity index (χ0n) is 17.1. The van der Waals surface area contributed by atoms with Crippen LogP contribution in [0.15, 0.2) is 78.3 Å². The molecule has 0 aliphatic rings. The lowest BCUT2D eigenvalue weighted by Crippen LogP contribution is -2.13. The summed E-state index contributed by atoms with van der Waals surface area (Å²) in [7, 11) is 0. The first kappa shape index (κ1) is 20.3. The van der Waals surface area contributed by atoms with E-state index in [0.29, 0.717) is 10.2 Å². The average Bonchev–Trinajstić information content (AvgIpc) is 3.48. The van der Waals surface area contributed by atoms with E-state index in [1.807, 2.05) is 66.2 Å². The summed E-state index contributed by atoms with van der Waals surface area (Å²) in [5, 5.41) is 12.7. The Morgan fingerprint density at radius 3 is 2.72 bits per heavy atom. The Bertz CT molecular complexity index is 1360. The monoisotopic (exact) mass is 458 g/mol. The van der Waals surface area contributed by atoms with Crippen LogP contribution >= 0.6 is 23.1 Å². The smallest absolute Gasteiger partial charge is 0.236 e. The number of rotatable bonds is 6. The highest BCUT2D eigenvalue weighted by molar-refractivity contribution is 7.99. The van der Waals surface area contributed by atoms with Gasteiger partial charge in [0.25, 0.3) is 0 Å². The summed E-state index contributed by atoms with van der Waals surface area (Å²) in [6.07, 6.45) is 5.40. The van der Waals surface area contributed by atoms with Gasteiger partial charge in [0.05, 0.1) is 28.0 Å². The Labute approximate surface area is 192 Å². The molecule has 0 saturated heterocycles. The van der Waals surface area contributed by atoms with E-state index in [1.54, 1.807) is 12.5 Å². The second kappa shape index (κ2) is 8.89. The lowest BCUT2D eigenvalue weighted by molar-refractivity contribution is -0.113. The second-order valence-electron chi connectivity index (χ2n) is 7.10. The fraction of sp³-hybridized carbons (Fsp3) is 0.0870. The Morgan fingerprint density at radius 2 is 1.97 bits per heavy atom. The van der Waals surface area contributed by atoms with Crippen LogP contribution in [0.25, 0.3) is 27.2 Å².